The molecule has 0 N–H and O–H groups in total. The molecule has 0 aliphatic carbocycles. The van der Waals surface area contributed by atoms with E-state index in [2.05, 4.69) is 4.98 Å². The van der Waals surface area contributed by atoms with Crippen LogP contribution in [0.25, 0.3) is 10.2 Å². The van der Waals surface area contributed by atoms with Crippen molar-refractivity contribution in [2.45, 2.75) is 37.8 Å². The first-order valence-corrected chi connectivity index (χ1v) is 10.5. The monoisotopic (exact) mass is 386 g/mol. The summed E-state index contributed by atoms with van der Waals surface area (Å²) in [7, 11) is 0. The molecule has 1 aromatic carbocycles. The Balaban J connectivity index is 1.60. The highest BCUT2D eigenvalue weighted by molar-refractivity contribution is 7.98. The zero-order chi connectivity index (χ0) is 18.3. The van der Waals surface area contributed by atoms with Gasteiger partial charge in [-0.1, -0.05) is 12.1 Å². The van der Waals surface area contributed by atoms with Crippen LogP contribution in [0.3, 0.4) is 0 Å². The third-order valence-electron chi connectivity index (χ3n) is 4.63. The van der Waals surface area contributed by atoms with Crippen molar-refractivity contribution < 1.29 is 9.53 Å². The average molecular weight is 386 g/mol. The van der Waals surface area contributed by atoms with Crippen molar-refractivity contribution in [3.8, 4) is 0 Å². The van der Waals surface area contributed by atoms with Gasteiger partial charge in [0.25, 0.3) is 5.56 Å². The number of aromatic nitrogens is 2. The van der Waals surface area contributed by atoms with Gasteiger partial charge in [0.1, 0.15) is 22.1 Å². The molecule has 134 valence electrons. The number of aryl methyl sites for hydroxylation is 2. The third kappa shape index (κ3) is 2.95. The quantitative estimate of drug-likeness (QED) is 0.504. The van der Waals surface area contributed by atoms with Crippen LogP contribution < -0.4 is 5.56 Å². The minimum absolute atomic E-state index is 0.0389. The summed E-state index contributed by atoms with van der Waals surface area (Å²) < 4.78 is 7.19. The van der Waals surface area contributed by atoms with Crippen LogP contribution in [0.2, 0.25) is 0 Å². The smallest absolute Gasteiger partial charge is 0.349 e. The molecule has 1 aliphatic heterocycles. The van der Waals surface area contributed by atoms with Gasteiger partial charge in [-0.15, -0.1) is 23.1 Å². The van der Waals surface area contributed by atoms with E-state index in [-0.39, 0.29) is 12.2 Å². The minimum atomic E-state index is -0.399. The number of benzene rings is 1. The van der Waals surface area contributed by atoms with E-state index >= 15 is 0 Å². The lowest BCUT2D eigenvalue weighted by molar-refractivity contribution is 0.0478. The van der Waals surface area contributed by atoms with E-state index in [1.54, 1.807) is 23.3 Å². The molecule has 0 radical (unpaired) electrons. The normalized spacial score (nSPS) is 13.2. The van der Waals surface area contributed by atoms with Crippen LogP contribution in [0.5, 0.6) is 0 Å². The second kappa shape index (κ2) is 6.89. The van der Waals surface area contributed by atoms with Gasteiger partial charge in [-0.05, 0) is 42.9 Å². The fraction of sp³-hybridized carbons (Fsp3) is 0.316. The number of rotatable bonds is 4. The number of carbonyl (C=O) groups is 1. The van der Waals surface area contributed by atoms with Gasteiger partial charge in [-0.3, -0.25) is 9.36 Å². The van der Waals surface area contributed by atoms with E-state index in [1.165, 1.54) is 16.2 Å². The molecule has 0 amide bonds. The molecule has 0 saturated heterocycles. The summed E-state index contributed by atoms with van der Waals surface area (Å²) in [6.45, 7) is 2.72. The summed E-state index contributed by atoms with van der Waals surface area (Å²) in [5, 5.41) is 0.553. The highest BCUT2D eigenvalue weighted by Gasteiger charge is 2.24. The Kier molecular flexibility index (Phi) is 4.58. The van der Waals surface area contributed by atoms with Crippen molar-refractivity contribution in [2.24, 2.45) is 0 Å². The van der Waals surface area contributed by atoms with Crippen molar-refractivity contribution in [3.05, 3.63) is 56.4 Å². The first-order valence-electron chi connectivity index (χ1n) is 8.41. The van der Waals surface area contributed by atoms with Gasteiger partial charge in [-0.2, -0.15) is 0 Å². The topological polar surface area (TPSA) is 61.2 Å². The average Bonchev–Trinajstić information content (AvgIpc) is 3.25. The number of hydrogen-bond acceptors (Lipinski definition) is 6. The molecular weight excluding hydrogens is 368 g/mol. The minimum Gasteiger partial charge on any atom is -0.457 e. The molecule has 26 heavy (non-hydrogen) atoms. The zero-order valence-electron chi connectivity index (χ0n) is 14.6. The maximum atomic E-state index is 12.7. The molecular formula is C19H18N2O3S2. The highest BCUT2D eigenvalue weighted by atomic mass is 32.2. The van der Waals surface area contributed by atoms with Crippen molar-refractivity contribution in [1.29, 1.82) is 0 Å². The Bertz CT molecular complexity index is 1050. The third-order valence-corrected chi connectivity index (χ3v) is 6.54. The molecule has 2 aromatic heterocycles. The molecule has 5 nitrogen and oxygen atoms in total. The van der Waals surface area contributed by atoms with Crippen molar-refractivity contribution in [2.75, 3.05) is 6.26 Å². The first-order chi connectivity index (χ1) is 12.6. The standard InChI is InChI=1S/C19H18N2O3S2/c1-11-15-17(20-14-4-3-9-21(14)18(15)22)26-16(11)19(23)24-10-12-5-7-13(25-2)8-6-12/h5-8H,3-4,9-10H2,1-2H3. The second-order valence-electron chi connectivity index (χ2n) is 6.25. The first kappa shape index (κ1) is 17.3. The van der Waals surface area contributed by atoms with Gasteiger partial charge in [0, 0.05) is 17.9 Å². The molecule has 0 atom stereocenters. The molecule has 4 rings (SSSR count). The summed E-state index contributed by atoms with van der Waals surface area (Å²) in [6.07, 6.45) is 3.78. The Labute approximate surface area is 159 Å². The maximum absolute atomic E-state index is 12.7. The predicted octanol–water partition coefficient (Wildman–Crippen LogP) is 3.79. The SMILES string of the molecule is CSc1ccc(COC(=O)c2sc3nc4n(c(=O)c3c2C)CCC4)cc1. The molecule has 3 aromatic rings. The van der Waals surface area contributed by atoms with E-state index in [1.807, 2.05) is 30.5 Å². The van der Waals surface area contributed by atoms with Gasteiger partial charge in [0.05, 0.1) is 5.39 Å². The maximum Gasteiger partial charge on any atom is 0.349 e. The fourth-order valence-corrected chi connectivity index (χ4v) is 4.70. The largest absolute Gasteiger partial charge is 0.457 e. The molecule has 0 spiro atoms. The number of ether oxygens (including phenoxy) is 1. The highest BCUT2D eigenvalue weighted by Crippen LogP contribution is 2.29. The van der Waals surface area contributed by atoms with E-state index in [0.717, 1.165) is 24.2 Å². The number of hydrogen-bond donors (Lipinski definition) is 0. The van der Waals surface area contributed by atoms with E-state index in [0.29, 0.717) is 27.2 Å². The second-order valence-corrected chi connectivity index (χ2v) is 8.13. The zero-order valence-corrected chi connectivity index (χ0v) is 16.2. The number of carbonyl (C=O) groups excluding carboxylic acids is 1. The summed E-state index contributed by atoms with van der Waals surface area (Å²) in [5.74, 6) is 0.418. The number of esters is 1. The molecule has 1 aliphatic rings. The van der Waals surface area contributed by atoms with Crippen molar-refractivity contribution in [3.63, 3.8) is 0 Å². The van der Waals surface area contributed by atoms with Gasteiger partial charge < -0.3 is 4.74 Å². The number of thiophene rings is 1. The van der Waals surface area contributed by atoms with E-state index in [9.17, 15) is 9.59 Å². The van der Waals surface area contributed by atoms with Crippen molar-refractivity contribution >= 4 is 39.3 Å². The Hall–Kier alpha value is -2.12. The van der Waals surface area contributed by atoms with Gasteiger partial charge in [0.2, 0.25) is 0 Å². The molecule has 7 heteroatoms. The van der Waals surface area contributed by atoms with E-state index in [4.69, 9.17) is 4.74 Å². The lowest BCUT2D eigenvalue weighted by Gasteiger charge is -2.05. The van der Waals surface area contributed by atoms with Gasteiger partial charge in [-0.25, -0.2) is 9.78 Å². The Morgan fingerprint density at radius 1 is 1.35 bits per heavy atom. The summed E-state index contributed by atoms with van der Waals surface area (Å²) in [5.41, 5.74) is 1.57. The van der Waals surface area contributed by atoms with Crippen LogP contribution in [-0.2, 0) is 24.3 Å². The van der Waals surface area contributed by atoms with E-state index < -0.39 is 5.97 Å². The van der Waals surface area contributed by atoms with Gasteiger partial charge >= 0.3 is 5.97 Å². The fourth-order valence-electron chi connectivity index (χ4n) is 3.21. The molecule has 0 fully saturated rings. The van der Waals surface area contributed by atoms with Gasteiger partial charge in [0.15, 0.2) is 0 Å². The molecule has 0 bridgehead atoms. The molecule has 0 saturated carbocycles. The lowest BCUT2D eigenvalue weighted by Crippen LogP contribution is -2.20. The van der Waals surface area contributed by atoms with Crippen LogP contribution in [0, 0.1) is 6.92 Å². The lowest BCUT2D eigenvalue weighted by atomic mass is 10.2. The summed E-state index contributed by atoms with van der Waals surface area (Å²) >= 11 is 2.92. The van der Waals surface area contributed by atoms with Crippen LogP contribution in [0.1, 0.15) is 33.0 Å². The van der Waals surface area contributed by atoms with Crippen LogP contribution in [-0.4, -0.2) is 21.8 Å². The predicted molar refractivity (Wildman–Crippen MR) is 104 cm³/mol. The van der Waals surface area contributed by atoms with Crippen LogP contribution in [0.15, 0.2) is 34.0 Å². The number of thioether (sulfide) groups is 1. The number of fused-ring (bicyclic) bond motifs is 2. The Morgan fingerprint density at radius 3 is 2.85 bits per heavy atom. The summed E-state index contributed by atoms with van der Waals surface area (Å²) in [4.78, 5) is 32.1. The number of nitrogens with zero attached hydrogens (tertiary/aromatic N) is 2. The molecule has 3 heterocycles. The van der Waals surface area contributed by atoms with Crippen molar-refractivity contribution in [1.82, 2.24) is 9.55 Å². The van der Waals surface area contributed by atoms with Crippen LogP contribution >= 0.6 is 23.1 Å². The Morgan fingerprint density at radius 2 is 2.12 bits per heavy atom. The molecule has 0 unspecified atom stereocenters. The summed E-state index contributed by atoms with van der Waals surface area (Å²) in [6, 6.07) is 7.92. The van der Waals surface area contributed by atoms with Crippen LogP contribution in [0.4, 0.5) is 0 Å².